The van der Waals surface area contributed by atoms with E-state index < -0.39 is 0 Å². The summed E-state index contributed by atoms with van der Waals surface area (Å²) in [5.41, 5.74) is 5.58. The van der Waals surface area contributed by atoms with Crippen LogP contribution in [0.4, 0.5) is 11.4 Å². The first-order chi connectivity index (χ1) is 15.9. The van der Waals surface area contributed by atoms with Gasteiger partial charge in [0.05, 0.1) is 0 Å². The van der Waals surface area contributed by atoms with Crippen LogP contribution in [0.1, 0.15) is 29.3 Å². The molecule has 0 aliphatic carbocycles. The lowest BCUT2D eigenvalue weighted by Crippen LogP contribution is -2.31. The number of carbonyl (C=O) groups excluding carboxylic acids is 2. The Bertz CT molecular complexity index is 1120. The number of Topliss-reactive ketones (excluding diaryl/α,β-unsaturated/α-hetero) is 1. The third-order valence-electron chi connectivity index (χ3n) is 6.30. The minimum absolute atomic E-state index is 0.131. The summed E-state index contributed by atoms with van der Waals surface area (Å²) in [6, 6.07) is 24.1. The molecule has 33 heavy (non-hydrogen) atoms. The number of ketones is 1. The average molecular weight is 442 g/mol. The van der Waals surface area contributed by atoms with Crippen LogP contribution in [0.25, 0.3) is 11.1 Å². The summed E-state index contributed by atoms with van der Waals surface area (Å²) in [5.74, 6) is -0.00752. The Morgan fingerprint density at radius 3 is 2.30 bits per heavy atom. The molecule has 5 nitrogen and oxygen atoms in total. The Hall–Kier alpha value is -3.44. The number of anilines is 2. The van der Waals surface area contributed by atoms with Crippen molar-refractivity contribution in [2.45, 2.75) is 25.8 Å². The maximum atomic E-state index is 12.8. The van der Waals surface area contributed by atoms with Gasteiger partial charge >= 0.3 is 0 Å². The molecule has 5 heteroatoms. The number of hydrogen-bond acceptors (Lipinski definition) is 4. The van der Waals surface area contributed by atoms with Crippen molar-refractivity contribution in [1.29, 1.82) is 0 Å². The number of hydrogen-bond donors (Lipinski definition) is 1. The normalized spacial score (nSPS) is 15.6. The SMILES string of the molecule is CC(=O)Cc1ccccc1-c1ccc(C(=O)Nc2ccc(N3CCC(N(C)C)C3)cc2)cc1. The molecule has 3 aromatic carbocycles. The molecule has 0 bridgehead atoms. The molecule has 1 unspecified atom stereocenters. The number of likely N-dealkylation sites (N-methyl/N-ethyl adjacent to an activating group) is 1. The summed E-state index contributed by atoms with van der Waals surface area (Å²) >= 11 is 0. The lowest BCUT2D eigenvalue weighted by molar-refractivity contribution is -0.116. The fourth-order valence-corrected chi connectivity index (χ4v) is 4.38. The molecule has 1 atom stereocenters. The quantitative estimate of drug-likeness (QED) is 0.568. The summed E-state index contributed by atoms with van der Waals surface area (Å²) in [6.07, 6.45) is 1.57. The van der Waals surface area contributed by atoms with E-state index in [1.807, 2.05) is 60.7 Å². The van der Waals surface area contributed by atoms with Gasteiger partial charge in [0.15, 0.2) is 0 Å². The van der Waals surface area contributed by atoms with Gasteiger partial charge in [0.1, 0.15) is 5.78 Å². The van der Waals surface area contributed by atoms with Crippen LogP contribution in [0.3, 0.4) is 0 Å². The van der Waals surface area contributed by atoms with Gasteiger partial charge < -0.3 is 15.1 Å². The second kappa shape index (κ2) is 10.0. The second-order valence-electron chi connectivity index (χ2n) is 8.97. The van der Waals surface area contributed by atoms with Gasteiger partial charge in [0.2, 0.25) is 0 Å². The van der Waals surface area contributed by atoms with Gasteiger partial charge in [-0.25, -0.2) is 0 Å². The number of carbonyl (C=O) groups is 2. The van der Waals surface area contributed by atoms with Gasteiger partial charge in [-0.15, -0.1) is 0 Å². The van der Waals surface area contributed by atoms with Crippen molar-refractivity contribution in [2.75, 3.05) is 37.4 Å². The van der Waals surface area contributed by atoms with Gasteiger partial charge in [0, 0.05) is 42.5 Å². The zero-order valence-electron chi connectivity index (χ0n) is 19.5. The maximum absolute atomic E-state index is 12.8. The van der Waals surface area contributed by atoms with E-state index in [1.165, 1.54) is 12.1 Å². The van der Waals surface area contributed by atoms with Crippen molar-refractivity contribution >= 4 is 23.1 Å². The van der Waals surface area contributed by atoms with Gasteiger partial charge in [-0.05, 0) is 80.5 Å². The molecule has 1 aliphatic heterocycles. The molecule has 0 spiro atoms. The van der Waals surface area contributed by atoms with E-state index in [1.54, 1.807) is 6.92 Å². The fraction of sp³-hybridized carbons (Fsp3) is 0.286. The topological polar surface area (TPSA) is 52.7 Å². The first kappa shape index (κ1) is 22.7. The summed E-state index contributed by atoms with van der Waals surface area (Å²) < 4.78 is 0. The summed E-state index contributed by atoms with van der Waals surface area (Å²) in [5, 5.41) is 2.99. The Kier molecular flexibility index (Phi) is 6.90. The standard InChI is InChI=1S/C28H31N3O2/c1-20(32)18-23-6-4-5-7-27(23)21-8-10-22(11-9-21)28(33)29-24-12-14-25(15-13-24)31-17-16-26(19-31)30(2)3/h4-15,26H,16-19H2,1-3H3,(H,29,33). The number of benzene rings is 3. The Balaban J connectivity index is 1.41. The van der Waals surface area contributed by atoms with E-state index in [0.717, 1.165) is 35.5 Å². The molecular weight excluding hydrogens is 410 g/mol. The average Bonchev–Trinajstić information content (AvgIpc) is 3.30. The van der Waals surface area contributed by atoms with Crippen molar-refractivity contribution in [1.82, 2.24) is 4.90 Å². The van der Waals surface area contributed by atoms with Crippen LogP contribution >= 0.6 is 0 Å². The fourth-order valence-electron chi connectivity index (χ4n) is 4.38. The van der Waals surface area contributed by atoms with E-state index >= 15 is 0 Å². The molecular formula is C28H31N3O2. The van der Waals surface area contributed by atoms with E-state index in [-0.39, 0.29) is 11.7 Å². The van der Waals surface area contributed by atoms with Crippen LogP contribution in [0.5, 0.6) is 0 Å². The number of amides is 1. The summed E-state index contributed by atoms with van der Waals surface area (Å²) in [6.45, 7) is 3.68. The highest BCUT2D eigenvalue weighted by atomic mass is 16.1. The van der Waals surface area contributed by atoms with E-state index in [9.17, 15) is 9.59 Å². The molecule has 3 aromatic rings. The smallest absolute Gasteiger partial charge is 0.255 e. The second-order valence-corrected chi connectivity index (χ2v) is 8.97. The molecule has 170 valence electrons. The zero-order valence-corrected chi connectivity index (χ0v) is 19.5. The largest absolute Gasteiger partial charge is 0.370 e. The van der Waals surface area contributed by atoms with Crippen molar-refractivity contribution in [3.05, 3.63) is 83.9 Å². The van der Waals surface area contributed by atoms with Gasteiger partial charge in [0.25, 0.3) is 5.91 Å². The first-order valence-corrected chi connectivity index (χ1v) is 11.4. The van der Waals surface area contributed by atoms with E-state index in [0.29, 0.717) is 18.0 Å². The molecule has 1 amide bonds. The highest BCUT2D eigenvalue weighted by Gasteiger charge is 2.24. The monoisotopic (exact) mass is 441 g/mol. The predicted molar refractivity (Wildman–Crippen MR) is 135 cm³/mol. The Morgan fingerprint density at radius 2 is 1.67 bits per heavy atom. The Labute approximate surface area is 196 Å². The minimum Gasteiger partial charge on any atom is -0.370 e. The van der Waals surface area contributed by atoms with Crippen LogP contribution in [0, 0.1) is 0 Å². The molecule has 1 fully saturated rings. The van der Waals surface area contributed by atoms with Gasteiger partial charge in [-0.2, -0.15) is 0 Å². The third-order valence-corrected chi connectivity index (χ3v) is 6.30. The molecule has 0 radical (unpaired) electrons. The molecule has 1 heterocycles. The number of nitrogens with zero attached hydrogens (tertiary/aromatic N) is 2. The van der Waals surface area contributed by atoms with Crippen molar-refractivity contribution in [3.63, 3.8) is 0 Å². The number of rotatable bonds is 7. The van der Waals surface area contributed by atoms with Gasteiger partial charge in [-0.1, -0.05) is 36.4 Å². The molecule has 1 N–H and O–H groups in total. The van der Waals surface area contributed by atoms with Crippen molar-refractivity contribution < 1.29 is 9.59 Å². The first-order valence-electron chi connectivity index (χ1n) is 11.4. The number of nitrogens with one attached hydrogen (secondary N) is 1. The van der Waals surface area contributed by atoms with Gasteiger partial charge in [-0.3, -0.25) is 9.59 Å². The summed E-state index contributed by atoms with van der Waals surface area (Å²) in [7, 11) is 4.26. The Morgan fingerprint density at radius 1 is 0.970 bits per heavy atom. The van der Waals surface area contributed by atoms with E-state index in [4.69, 9.17) is 0 Å². The maximum Gasteiger partial charge on any atom is 0.255 e. The van der Waals surface area contributed by atoms with Crippen LogP contribution in [0.2, 0.25) is 0 Å². The molecule has 1 saturated heterocycles. The van der Waals surface area contributed by atoms with Crippen molar-refractivity contribution in [3.8, 4) is 11.1 Å². The molecule has 4 rings (SSSR count). The zero-order chi connectivity index (χ0) is 23.4. The predicted octanol–water partition coefficient (Wildman–Crippen LogP) is 4.88. The molecule has 1 aliphatic rings. The minimum atomic E-state index is -0.139. The highest BCUT2D eigenvalue weighted by Crippen LogP contribution is 2.26. The lowest BCUT2D eigenvalue weighted by Gasteiger charge is -2.22. The van der Waals surface area contributed by atoms with E-state index in [2.05, 4.69) is 41.3 Å². The van der Waals surface area contributed by atoms with Crippen LogP contribution < -0.4 is 10.2 Å². The highest BCUT2D eigenvalue weighted by molar-refractivity contribution is 6.04. The molecule has 0 aromatic heterocycles. The third kappa shape index (κ3) is 5.49. The van der Waals surface area contributed by atoms with Crippen LogP contribution in [-0.4, -0.2) is 49.8 Å². The van der Waals surface area contributed by atoms with Crippen LogP contribution in [0.15, 0.2) is 72.8 Å². The van der Waals surface area contributed by atoms with Crippen LogP contribution in [-0.2, 0) is 11.2 Å². The summed E-state index contributed by atoms with van der Waals surface area (Å²) in [4.78, 5) is 29.0. The lowest BCUT2D eigenvalue weighted by atomic mass is 9.96. The molecule has 0 saturated carbocycles. The van der Waals surface area contributed by atoms with Crippen molar-refractivity contribution in [2.24, 2.45) is 0 Å².